The van der Waals surface area contributed by atoms with Crippen molar-refractivity contribution in [1.29, 1.82) is 0 Å². The summed E-state index contributed by atoms with van der Waals surface area (Å²) in [6.45, 7) is 34.5. The summed E-state index contributed by atoms with van der Waals surface area (Å²) in [5, 5.41) is 0. The number of carbonyl (C=O) groups is 6. The Morgan fingerprint density at radius 2 is 0.640 bits per heavy atom. The highest BCUT2D eigenvalue weighted by molar-refractivity contribution is 5.90. The molecular weight excluding hydrogens is 1120 g/mol. The fourth-order valence-corrected chi connectivity index (χ4v) is 7.34. The van der Waals surface area contributed by atoms with E-state index >= 15 is 0 Å². The molecule has 0 bridgehead atoms. The van der Waals surface area contributed by atoms with Crippen molar-refractivity contribution >= 4 is 66.2 Å². The van der Waals surface area contributed by atoms with Gasteiger partial charge in [0.2, 0.25) is 0 Å². The monoisotopic (exact) mass is 1210 g/mol. The number of hydrogen-bond acceptors (Lipinski definition) is 12. The van der Waals surface area contributed by atoms with Gasteiger partial charge in [-0.3, -0.25) is 14.4 Å². The van der Waals surface area contributed by atoms with E-state index in [-0.39, 0.29) is 35.8 Å². The molecule has 0 radical (unpaired) electrons. The van der Waals surface area contributed by atoms with E-state index in [0.29, 0.717) is 69.2 Å². The van der Waals surface area contributed by atoms with Crippen LogP contribution in [0.5, 0.6) is 0 Å². The number of aryl methyl sites for hydroxylation is 2. The van der Waals surface area contributed by atoms with E-state index < -0.39 is 0 Å². The Labute approximate surface area is 531 Å². The van der Waals surface area contributed by atoms with E-state index in [1.54, 1.807) is 67.6 Å². The van der Waals surface area contributed by atoms with Gasteiger partial charge in [-0.25, -0.2) is 14.4 Å². The maximum Gasteiger partial charge on any atom is 0.338 e. The van der Waals surface area contributed by atoms with Gasteiger partial charge in [-0.15, -0.1) is 0 Å². The standard InChI is InChI=1S/C15H20O2.C14H20O2.C13H16O2.2C12H14O2.C11H12O2/c1-3-6-15(16)17-12-5-7-14-10-8-13(4-2)9-11-14;1-3-5-14(15)16-11-10-13-8-6-12(4-2)7-9-13;1-3-5-10-15-13(14)12-8-6-11(4-2)7-9-12;1-3-11-4-6-12(7-5-11)8-9-14-10(2)13;1-3-9-14-12(13)11-7-5-10(4-2)6-8-11;1-3-9-5-7-10(8-6-9)11(12)13-4-2/h4,8-11H,2-3,5-7,12H2,1H3;6-9H,3-5,10-11H2,1-2H3;4,6-9H,2-3,5,10H2,1H3;3-7H,1,8-9H2,2H3;4-8H,2-3,9H2,1H3;3,5-8H,1,4H2,2H3. The molecule has 6 aromatic carbocycles. The molecule has 6 aromatic rings. The summed E-state index contributed by atoms with van der Waals surface area (Å²) >= 11 is 0. The first kappa shape index (κ1) is 77.9. The summed E-state index contributed by atoms with van der Waals surface area (Å²) in [5.41, 5.74) is 12.0. The van der Waals surface area contributed by atoms with Crippen molar-refractivity contribution in [2.75, 3.05) is 39.6 Å². The Morgan fingerprint density at radius 3 is 0.978 bits per heavy atom. The first-order valence-corrected chi connectivity index (χ1v) is 30.7. The Balaban J connectivity index is 0.000000535. The molecule has 12 heteroatoms. The zero-order valence-electron chi connectivity index (χ0n) is 53.9. The van der Waals surface area contributed by atoms with Crippen molar-refractivity contribution < 1.29 is 57.2 Å². The van der Waals surface area contributed by atoms with Crippen molar-refractivity contribution in [3.8, 4) is 0 Å². The first-order valence-electron chi connectivity index (χ1n) is 30.7. The Morgan fingerprint density at radius 1 is 0.326 bits per heavy atom. The van der Waals surface area contributed by atoms with Crippen LogP contribution in [0.1, 0.15) is 181 Å². The molecule has 0 heterocycles. The average Bonchev–Trinajstić information content (AvgIpc) is 3.78. The first-order chi connectivity index (χ1) is 43.1. The number of ether oxygens (including phenoxy) is 6. The van der Waals surface area contributed by atoms with E-state index in [4.69, 9.17) is 28.4 Å². The van der Waals surface area contributed by atoms with Gasteiger partial charge in [0.1, 0.15) is 0 Å². The van der Waals surface area contributed by atoms with Gasteiger partial charge in [0, 0.05) is 32.6 Å². The summed E-state index contributed by atoms with van der Waals surface area (Å²) in [4.78, 5) is 66.7. The quantitative estimate of drug-likeness (QED) is 0.0249. The summed E-state index contributed by atoms with van der Waals surface area (Å²) in [6.07, 6.45) is 18.8. The molecular formula is C77H96O12. The van der Waals surface area contributed by atoms with Gasteiger partial charge in [-0.1, -0.05) is 214 Å². The van der Waals surface area contributed by atoms with Crippen LogP contribution in [-0.2, 0) is 68.5 Å². The normalized spacial score (nSPS) is 9.70. The highest BCUT2D eigenvalue weighted by Crippen LogP contribution is 2.12. The van der Waals surface area contributed by atoms with Crippen molar-refractivity contribution in [1.82, 2.24) is 0 Å². The van der Waals surface area contributed by atoms with Crippen LogP contribution in [0.15, 0.2) is 178 Å². The number of benzene rings is 6. The van der Waals surface area contributed by atoms with Crippen LogP contribution < -0.4 is 0 Å². The van der Waals surface area contributed by atoms with E-state index in [1.165, 1.54) is 23.6 Å². The third-order valence-electron chi connectivity index (χ3n) is 12.6. The minimum Gasteiger partial charge on any atom is -0.466 e. The summed E-state index contributed by atoms with van der Waals surface area (Å²) in [5.74, 6) is -1.20. The van der Waals surface area contributed by atoms with Gasteiger partial charge >= 0.3 is 35.8 Å². The van der Waals surface area contributed by atoms with Gasteiger partial charge in [0.15, 0.2) is 0 Å². The molecule has 0 saturated heterocycles. The second-order valence-electron chi connectivity index (χ2n) is 19.8. The number of unbranched alkanes of at least 4 members (excludes halogenated alkanes) is 1. The Hall–Kier alpha value is -9.16. The number of esters is 6. The van der Waals surface area contributed by atoms with Crippen LogP contribution in [0.4, 0.5) is 0 Å². The number of carbonyl (C=O) groups excluding carboxylic acids is 6. The molecule has 0 unspecified atom stereocenters. The van der Waals surface area contributed by atoms with E-state index in [2.05, 4.69) is 83.1 Å². The molecule has 0 fully saturated rings. The van der Waals surface area contributed by atoms with Crippen LogP contribution in [0.2, 0.25) is 0 Å². The van der Waals surface area contributed by atoms with Gasteiger partial charge in [0.25, 0.3) is 0 Å². The molecule has 0 atom stereocenters. The van der Waals surface area contributed by atoms with Gasteiger partial charge in [0.05, 0.1) is 56.3 Å². The van der Waals surface area contributed by atoms with Crippen molar-refractivity contribution in [2.24, 2.45) is 0 Å². The van der Waals surface area contributed by atoms with Crippen molar-refractivity contribution in [2.45, 2.75) is 126 Å². The van der Waals surface area contributed by atoms with Crippen molar-refractivity contribution in [3.05, 3.63) is 245 Å². The number of hydrogen-bond donors (Lipinski definition) is 0. The van der Waals surface area contributed by atoms with Gasteiger partial charge < -0.3 is 28.4 Å². The van der Waals surface area contributed by atoms with Crippen LogP contribution >= 0.6 is 0 Å². The second-order valence-corrected chi connectivity index (χ2v) is 19.8. The lowest BCUT2D eigenvalue weighted by molar-refractivity contribution is -0.144. The molecule has 6 rings (SSSR count). The van der Waals surface area contributed by atoms with E-state index in [0.717, 1.165) is 97.6 Å². The lowest BCUT2D eigenvalue weighted by atomic mass is 10.1. The predicted molar refractivity (Wildman–Crippen MR) is 364 cm³/mol. The Bertz CT molecular complexity index is 2970. The van der Waals surface area contributed by atoms with Gasteiger partial charge in [-0.05, 0) is 138 Å². The maximum atomic E-state index is 11.5. The molecule has 0 N–H and O–H groups in total. The molecule has 0 amide bonds. The van der Waals surface area contributed by atoms with E-state index in [1.807, 2.05) is 99.6 Å². The van der Waals surface area contributed by atoms with Crippen LogP contribution in [0, 0.1) is 0 Å². The maximum absolute atomic E-state index is 11.5. The summed E-state index contributed by atoms with van der Waals surface area (Å²) in [7, 11) is 0. The lowest BCUT2D eigenvalue weighted by Crippen LogP contribution is -2.06. The molecule has 0 saturated carbocycles. The van der Waals surface area contributed by atoms with E-state index in [9.17, 15) is 28.8 Å². The van der Waals surface area contributed by atoms with Crippen molar-refractivity contribution in [3.63, 3.8) is 0 Å². The van der Waals surface area contributed by atoms with Crippen LogP contribution in [-0.4, -0.2) is 75.5 Å². The summed E-state index contributed by atoms with van der Waals surface area (Å²) < 4.78 is 29.9. The SMILES string of the molecule is C=Cc1ccc(C(=O)OCC)cc1.C=Cc1ccc(C(=O)OCCC)cc1.C=Cc1ccc(C(=O)OCCCC)cc1.C=Cc1ccc(CCCOC(=O)CCC)cc1.C=Cc1ccc(CCOC(C)=O)cc1.CCCC(=O)OCCc1ccc(CC)cc1. The zero-order valence-corrected chi connectivity index (χ0v) is 53.9. The predicted octanol–water partition coefficient (Wildman–Crippen LogP) is 17.9. The number of rotatable bonds is 29. The fraction of sp³-hybridized carbons (Fsp3) is 0.325. The second kappa shape index (κ2) is 49.9. The summed E-state index contributed by atoms with van der Waals surface area (Å²) in [6, 6.07) is 46.3. The molecule has 12 nitrogen and oxygen atoms in total. The average molecular weight is 1210 g/mol. The molecule has 0 aliphatic heterocycles. The highest BCUT2D eigenvalue weighted by Gasteiger charge is 2.08. The molecule has 0 spiro atoms. The molecule has 0 aliphatic carbocycles. The minimum absolute atomic E-state index is 0.0884. The highest BCUT2D eigenvalue weighted by atomic mass is 16.5. The molecule has 0 aromatic heterocycles. The molecule has 476 valence electrons. The fourth-order valence-electron chi connectivity index (χ4n) is 7.34. The third kappa shape index (κ3) is 37.2. The molecule has 0 aliphatic rings. The zero-order chi connectivity index (χ0) is 65.9. The topological polar surface area (TPSA) is 158 Å². The minimum atomic E-state index is -0.280. The third-order valence-corrected chi connectivity index (χ3v) is 12.6. The van der Waals surface area contributed by atoms with Gasteiger partial charge in [-0.2, -0.15) is 0 Å². The lowest BCUT2D eigenvalue weighted by Gasteiger charge is -2.04. The van der Waals surface area contributed by atoms with Crippen LogP contribution in [0.3, 0.4) is 0 Å². The molecule has 89 heavy (non-hydrogen) atoms. The van der Waals surface area contributed by atoms with Crippen LogP contribution in [0.25, 0.3) is 30.4 Å². The smallest absolute Gasteiger partial charge is 0.338 e. The Kier molecular flexibility index (Phi) is 43.7. The largest absolute Gasteiger partial charge is 0.466 e.